The molecular formula is C18H18N2O5. The van der Waals surface area contributed by atoms with Gasteiger partial charge in [0.05, 0.1) is 12.8 Å². The number of fused-ring (bicyclic) bond motifs is 1. The second-order valence-electron chi connectivity index (χ2n) is 5.45. The van der Waals surface area contributed by atoms with Gasteiger partial charge in [-0.15, -0.1) is 0 Å². The van der Waals surface area contributed by atoms with E-state index >= 15 is 0 Å². The SMILES string of the molecule is COc1ccccc1OC(C)C(=O)Nc1ccc2c(c1)NC(=O)CO2. The molecule has 0 saturated heterocycles. The fraction of sp³-hybridized carbons (Fsp3) is 0.222. The molecule has 3 rings (SSSR count). The van der Waals surface area contributed by atoms with Crippen LogP contribution in [-0.4, -0.2) is 31.6 Å². The number of anilines is 2. The molecule has 0 saturated carbocycles. The van der Waals surface area contributed by atoms with Crippen molar-refractivity contribution in [1.29, 1.82) is 0 Å². The zero-order chi connectivity index (χ0) is 17.8. The topological polar surface area (TPSA) is 85.9 Å². The van der Waals surface area contributed by atoms with Crippen LogP contribution in [0.25, 0.3) is 0 Å². The standard InChI is InChI=1S/C18H18N2O5/c1-11(25-16-6-4-3-5-15(16)23-2)18(22)19-12-7-8-14-13(9-12)20-17(21)10-24-14/h3-9,11H,10H2,1-2H3,(H,19,22)(H,20,21). The van der Waals surface area contributed by atoms with Gasteiger partial charge in [-0.05, 0) is 37.3 Å². The Hall–Kier alpha value is -3.22. The van der Waals surface area contributed by atoms with Crippen molar-refractivity contribution in [2.45, 2.75) is 13.0 Å². The second-order valence-corrected chi connectivity index (χ2v) is 5.45. The van der Waals surface area contributed by atoms with E-state index in [0.29, 0.717) is 28.6 Å². The molecule has 0 radical (unpaired) electrons. The van der Waals surface area contributed by atoms with Gasteiger partial charge in [-0.3, -0.25) is 9.59 Å². The molecule has 1 atom stereocenters. The molecule has 0 spiro atoms. The van der Waals surface area contributed by atoms with E-state index in [1.807, 2.05) is 6.07 Å². The van der Waals surface area contributed by atoms with Crippen LogP contribution in [0.5, 0.6) is 17.2 Å². The number of methoxy groups -OCH3 is 1. The third kappa shape index (κ3) is 3.82. The fourth-order valence-electron chi connectivity index (χ4n) is 2.36. The average molecular weight is 342 g/mol. The smallest absolute Gasteiger partial charge is 0.265 e. The van der Waals surface area contributed by atoms with E-state index in [0.717, 1.165) is 0 Å². The molecular weight excluding hydrogens is 324 g/mol. The number of carbonyl (C=O) groups is 2. The minimum absolute atomic E-state index is 0.0114. The molecule has 2 amide bonds. The summed E-state index contributed by atoms with van der Waals surface area (Å²) in [6.07, 6.45) is -0.738. The normalized spacial score (nSPS) is 13.8. The van der Waals surface area contributed by atoms with Gasteiger partial charge in [-0.2, -0.15) is 0 Å². The highest BCUT2D eigenvalue weighted by Gasteiger charge is 2.19. The van der Waals surface area contributed by atoms with Crippen LogP contribution in [0.15, 0.2) is 42.5 Å². The second kappa shape index (κ2) is 7.12. The summed E-state index contributed by atoms with van der Waals surface area (Å²) >= 11 is 0. The van der Waals surface area contributed by atoms with Gasteiger partial charge in [0.15, 0.2) is 24.2 Å². The zero-order valence-electron chi connectivity index (χ0n) is 13.9. The van der Waals surface area contributed by atoms with E-state index in [9.17, 15) is 9.59 Å². The van der Waals surface area contributed by atoms with Gasteiger partial charge in [0.25, 0.3) is 11.8 Å². The van der Waals surface area contributed by atoms with Crippen LogP contribution in [0.1, 0.15) is 6.92 Å². The summed E-state index contributed by atoms with van der Waals surface area (Å²) in [7, 11) is 1.54. The van der Waals surface area contributed by atoms with Crippen molar-refractivity contribution in [2.24, 2.45) is 0 Å². The molecule has 7 nitrogen and oxygen atoms in total. The lowest BCUT2D eigenvalue weighted by Crippen LogP contribution is -2.30. The van der Waals surface area contributed by atoms with Gasteiger partial charge in [0.2, 0.25) is 0 Å². The van der Waals surface area contributed by atoms with Gasteiger partial charge in [0, 0.05) is 5.69 Å². The van der Waals surface area contributed by atoms with Crippen LogP contribution >= 0.6 is 0 Å². The first-order chi connectivity index (χ1) is 12.1. The minimum atomic E-state index is -0.738. The van der Waals surface area contributed by atoms with Crippen molar-refractivity contribution in [1.82, 2.24) is 0 Å². The first-order valence-corrected chi connectivity index (χ1v) is 7.74. The van der Waals surface area contributed by atoms with Gasteiger partial charge in [0.1, 0.15) is 5.75 Å². The van der Waals surface area contributed by atoms with E-state index < -0.39 is 6.10 Å². The van der Waals surface area contributed by atoms with Crippen LogP contribution in [0.4, 0.5) is 11.4 Å². The van der Waals surface area contributed by atoms with E-state index in [4.69, 9.17) is 14.2 Å². The Morgan fingerprint density at radius 2 is 2.00 bits per heavy atom. The molecule has 7 heteroatoms. The van der Waals surface area contributed by atoms with E-state index in [1.165, 1.54) is 7.11 Å². The maximum Gasteiger partial charge on any atom is 0.265 e. The van der Waals surface area contributed by atoms with Gasteiger partial charge in [-0.1, -0.05) is 12.1 Å². The fourth-order valence-corrected chi connectivity index (χ4v) is 2.36. The lowest BCUT2D eigenvalue weighted by Gasteiger charge is -2.20. The number of nitrogens with one attached hydrogen (secondary N) is 2. The van der Waals surface area contributed by atoms with Crippen molar-refractivity contribution in [3.63, 3.8) is 0 Å². The summed E-state index contributed by atoms with van der Waals surface area (Å²) in [5.74, 6) is 1.04. The highest BCUT2D eigenvalue weighted by Crippen LogP contribution is 2.31. The maximum atomic E-state index is 12.4. The average Bonchev–Trinajstić information content (AvgIpc) is 2.61. The minimum Gasteiger partial charge on any atom is -0.493 e. The summed E-state index contributed by atoms with van der Waals surface area (Å²) in [5, 5.41) is 5.45. The largest absolute Gasteiger partial charge is 0.493 e. The number of rotatable bonds is 5. The Bertz CT molecular complexity index is 806. The Morgan fingerprint density at radius 3 is 2.76 bits per heavy atom. The van der Waals surface area contributed by atoms with Crippen molar-refractivity contribution >= 4 is 23.2 Å². The number of hydrogen-bond donors (Lipinski definition) is 2. The third-order valence-corrected chi connectivity index (χ3v) is 3.62. The van der Waals surface area contributed by atoms with Crippen LogP contribution in [0, 0.1) is 0 Å². The predicted molar refractivity (Wildman–Crippen MR) is 92.3 cm³/mol. The van der Waals surface area contributed by atoms with Gasteiger partial charge < -0.3 is 24.8 Å². The highest BCUT2D eigenvalue weighted by molar-refractivity contribution is 5.98. The number of carbonyl (C=O) groups excluding carboxylic acids is 2. The van der Waals surface area contributed by atoms with Crippen molar-refractivity contribution in [3.05, 3.63) is 42.5 Å². The van der Waals surface area contributed by atoms with Gasteiger partial charge >= 0.3 is 0 Å². The lowest BCUT2D eigenvalue weighted by atomic mass is 10.2. The maximum absolute atomic E-state index is 12.4. The van der Waals surface area contributed by atoms with Gasteiger partial charge in [-0.25, -0.2) is 0 Å². The van der Waals surface area contributed by atoms with E-state index in [-0.39, 0.29) is 18.4 Å². The van der Waals surface area contributed by atoms with Crippen molar-refractivity contribution in [3.8, 4) is 17.2 Å². The number of hydrogen-bond acceptors (Lipinski definition) is 5. The quantitative estimate of drug-likeness (QED) is 0.872. The Balaban J connectivity index is 1.67. The monoisotopic (exact) mass is 342 g/mol. The summed E-state index contributed by atoms with van der Waals surface area (Å²) < 4.78 is 16.2. The molecule has 2 N–H and O–H groups in total. The molecule has 1 aliphatic heterocycles. The van der Waals surface area contributed by atoms with Crippen LogP contribution < -0.4 is 24.8 Å². The summed E-state index contributed by atoms with van der Waals surface area (Å²) in [4.78, 5) is 23.7. The highest BCUT2D eigenvalue weighted by atomic mass is 16.5. The first-order valence-electron chi connectivity index (χ1n) is 7.74. The summed E-state index contributed by atoms with van der Waals surface area (Å²) in [6, 6.07) is 12.1. The van der Waals surface area contributed by atoms with Crippen molar-refractivity contribution < 1.29 is 23.8 Å². The molecule has 1 unspecified atom stereocenters. The first kappa shape index (κ1) is 16.6. The Kier molecular flexibility index (Phi) is 4.74. The third-order valence-electron chi connectivity index (χ3n) is 3.62. The van der Waals surface area contributed by atoms with E-state index in [2.05, 4.69) is 10.6 Å². The number of benzene rings is 2. The van der Waals surface area contributed by atoms with E-state index in [1.54, 1.807) is 43.3 Å². The molecule has 0 aliphatic carbocycles. The molecule has 0 aromatic heterocycles. The molecule has 0 fully saturated rings. The predicted octanol–water partition coefficient (Wildman–Crippen LogP) is 2.43. The Labute approximate surface area is 144 Å². The summed E-state index contributed by atoms with van der Waals surface area (Å²) in [5.41, 5.74) is 1.05. The summed E-state index contributed by atoms with van der Waals surface area (Å²) in [6.45, 7) is 1.63. The molecule has 130 valence electrons. The van der Waals surface area contributed by atoms with Crippen LogP contribution in [0.2, 0.25) is 0 Å². The number of para-hydroxylation sites is 2. The molecule has 2 aromatic carbocycles. The molecule has 1 heterocycles. The number of ether oxygens (including phenoxy) is 3. The zero-order valence-corrected chi connectivity index (χ0v) is 13.9. The molecule has 2 aromatic rings. The number of amides is 2. The lowest BCUT2D eigenvalue weighted by molar-refractivity contribution is -0.122. The van der Waals surface area contributed by atoms with Crippen LogP contribution in [0.3, 0.4) is 0 Å². The molecule has 1 aliphatic rings. The molecule has 25 heavy (non-hydrogen) atoms. The molecule has 0 bridgehead atoms. The van der Waals surface area contributed by atoms with Crippen molar-refractivity contribution in [2.75, 3.05) is 24.4 Å². The Morgan fingerprint density at radius 1 is 1.24 bits per heavy atom. The van der Waals surface area contributed by atoms with Crippen LogP contribution in [-0.2, 0) is 9.59 Å².